The lowest BCUT2D eigenvalue weighted by molar-refractivity contribution is -0.0146. The highest BCUT2D eigenvalue weighted by molar-refractivity contribution is 5.14. The quantitative estimate of drug-likeness (QED) is 0.529. The second kappa shape index (κ2) is 2.36. The molecule has 0 heterocycles. The molecule has 2 aliphatic carbocycles. The van der Waals surface area contributed by atoms with Gasteiger partial charge in [0, 0.05) is 0 Å². The number of fused-ring (bicyclic) bond motifs is 1. The van der Waals surface area contributed by atoms with Crippen molar-refractivity contribution in [1.29, 1.82) is 0 Å². The first-order valence-electron chi connectivity index (χ1n) is 4.99. The Morgan fingerprint density at radius 1 is 1.36 bits per heavy atom. The minimum atomic E-state index is 0.744. The summed E-state index contributed by atoms with van der Waals surface area (Å²) in [6, 6.07) is 0. The Morgan fingerprint density at radius 2 is 2.09 bits per heavy atom. The molecule has 2 atom stereocenters. The summed E-state index contributed by atoms with van der Waals surface area (Å²) in [5.74, 6) is 1.99. The van der Waals surface area contributed by atoms with Crippen LogP contribution in [0.3, 0.4) is 0 Å². The van der Waals surface area contributed by atoms with Crippen molar-refractivity contribution in [3.63, 3.8) is 0 Å². The van der Waals surface area contributed by atoms with Crippen molar-refractivity contribution in [1.82, 2.24) is 0 Å². The van der Waals surface area contributed by atoms with Gasteiger partial charge >= 0.3 is 0 Å². The number of allylic oxidation sites excluding steroid dienone is 2. The van der Waals surface area contributed by atoms with Crippen LogP contribution in [0.2, 0.25) is 0 Å². The van der Waals surface area contributed by atoms with Gasteiger partial charge in [0.2, 0.25) is 0 Å². The smallest absolute Gasteiger partial charge is 0.0192 e. The molecule has 0 N–H and O–H groups in total. The van der Waals surface area contributed by atoms with Crippen LogP contribution < -0.4 is 0 Å². The third-order valence-electron chi connectivity index (χ3n) is 4.13. The fourth-order valence-corrected chi connectivity index (χ4v) is 3.15. The van der Waals surface area contributed by atoms with E-state index in [-0.39, 0.29) is 0 Å². The van der Waals surface area contributed by atoms with Gasteiger partial charge in [-0.1, -0.05) is 38.8 Å². The molecule has 2 aliphatic rings. The zero-order valence-corrected chi connectivity index (χ0v) is 7.64. The molecule has 1 fully saturated rings. The maximum Gasteiger partial charge on any atom is -0.0192 e. The van der Waals surface area contributed by atoms with Crippen molar-refractivity contribution in [2.45, 2.75) is 39.5 Å². The van der Waals surface area contributed by atoms with E-state index in [2.05, 4.69) is 26.0 Å². The molecule has 0 radical (unpaired) electrons. The Bertz CT molecular complexity index is 174. The normalized spacial score (nSPS) is 38.4. The van der Waals surface area contributed by atoms with Crippen molar-refractivity contribution >= 4 is 0 Å². The van der Waals surface area contributed by atoms with E-state index in [1.54, 1.807) is 0 Å². The summed E-state index contributed by atoms with van der Waals surface area (Å²) >= 11 is 0. The highest BCUT2D eigenvalue weighted by Gasteiger charge is 2.50. The van der Waals surface area contributed by atoms with Crippen molar-refractivity contribution in [2.75, 3.05) is 0 Å². The lowest BCUT2D eigenvalue weighted by atomic mass is 9.52. The zero-order valence-electron chi connectivity index (χ0n) is 7.64. The second-order valence-electron chi connectivity index (χ2n) is 4.21. The zero-order chi connectivity index (χ0) is 7.90. The highest BCUT2D eigenvalue weighted by Crippen LogP contribution is 2.59. The topological polar surface area (TPSA) is 0 Å². The van der Waals surface area contributed by atoms with Crippen LogP contribution in [-0.4, -0.2) is 0 Å². The fraction of sp³-hybridized carbons (Fsp3) is 0.818. The molecule has 0 amide bonds. The first-order chi connectivity index (χ1) is 5.32. The Labute approximate surface area is 69.7 Å². The first kappa shape index (κ1) is 7.39. The van der Waals surface area contributed by atoms with E-state index in [1.165, 1.54) is 25.7 Å². The van der Waals surface area contributed by atoms with Gasteiger partial charge in [-0.25, -0.2) is 0 Å². The van der Waals surface area contributed by atoms with E-state index < -0.39 is 0 Å². The van der Waals surface area contributed by atoms with Gasteiger partial charge in [0.05, 0.1) is 0 Å². The van der Waals surface area contributed by atoms with Gasteiger partial charge in [-0.15, -0.1) is 0 Å². The molecule has 2 rings (SSSR count). The molecule has 0 nitrogen and oxygen atoms in total. The number of hydrogen-bond acceptors (Lipinski definition) is 0. The Morgan fingerprint density at radius 3 is 2.64 bits per heavy atom. The average Bonchev–Trinajstić information content (AvgIpc) is 2.37. The molecule has 0 aromatic rings. The maximum absolute atomic E-state index is 2.44. The van der Waals surface area contributed by atoms with Gasteiger partial charge in [-0.2, -0.15) is 0 Å². The van der Waals surface area contributed by atoms with Crippen LogP contribution in [-0.2, 0) is 0 Å². The minimum absolute atomic E-state index is 0.744. The molecule has 0 spiro atoms. The second-order valence-corrected chi connectivity index (χ2v) is 4.21. The van der Waals surface area contributed by atoms with Gasteiger partial charge in [0.25, 0.3) is 0 Å². The van der Waals surface area contributed by atoms with Crippen LogP contribution >= 0.6 is 0 Å². The Balaban J connectivity index is 2.08. The molecule has 0 aromatic heterocycles. The van der Waals surface area contributed by atoms with Gasteiger partial charge in [0.15, 0.2) is 0 Å². The monoisotopic (exact) mass is 150 g/mol. The third kappa shape index (κ3) is 0.816. The largest absolute Gasteiger partial charge is 0.0879 e. The predicted octanol–water partition coefficient (Wildman–Crippen LogP) is 3.39. The number of rotatable bonds is 2. The van der Waals surface area contributed by atoms with Crippen LogP contribution in [0.15, 0.2) is 12.2 Å². The van der Waals surface area contributed by atoms with Crippen LogP contribution in [0.1, 0.15) is 39.5 Å². The minimum Gasteiger partial charge on any atom is -0.0879 e. The molecule has 0 bridgehead atoms. The van der Waals surface area contributed by atoms with E-state index in [1.807, 2.05) is 0 Å². The molecule has 2 unspecified atom stereocenters. The Kier molecular flexibility index (Phi) is 1.59. The number of hydrogen-bond donors (Lipinski definition) is 0. The van der Waals surface area contributed by atoms with Crippen LogP contribution in [0.25, 0.3) is 0 Å². The van der Waals surface area contributed by atoms with Crippen molar-refractivity contribution < 1.29 is 0 Å². The first-order valence-corrected chi connectivity index (χ1v) is 4.99. The maximum atomic E-state index is 2.44. The van der Waals surface area contributed by atoms with Crippen molar-refractivity contribution in [2.24, 2.45) is 17.3 Å². The molecule has 1 saturated carbocycles. The summed E-state index contributed by atoms with van der Waals surface area (Å²) in [6.07, 6.45) is 10.5. The molecule has 11 heavy (non-hydrogen) atoms. The van der Waals surface area contributed by atoms with Gasteiger partial charge in [-0.3, -0.25) is 0 Å². The van der Waals surface area contributed by atoms with Crippen LogP contribution in [0.4, 0.5) is 0 Å². The lowest BCUT2D eigenvalue weighted by Gasteiger charge is -2.52. The van der Waals surface area contributed by atoms with E-state index in [0.29, 0.717) is 0 Å². The summed E-state index contributed by atoms with van der Waals surface area (Å²) in [4.78, 5) is 0. The molecular formula is C11H18. The molecule has 0 aromatic carbocycles. The standard InChI is InChI=1S/C11H18/c1-3-11(4-2)8-9-6-5-7-10(9)11/h5-6,9-10H,3-4,7-8H2,1-2H3. The average molecular weight is 150 g/mol. The molecular weight excluding hydrogens is 132 g/mol. The Hall–Kier alpha value is -0.260. The van der Waals surface area contributed by atoms with Gasteiger partial charge in [-0.05, 0) is 30.1 Å². The molecule has 0 aliphatic heterocycles. The summed E-state index contributed by atoms with van der Waals surface area (Å²) in [5, 5.41) is 0. The van der Waals surface area contributed by atoms with Gasteiger partial charge < -0.3 is 0 Å². The van der Waals surface area contributed by atoms with Crippen molar-refractivity contribution in [3.05, 3.63) is 12.2 Å². The summed E-state index contributed by atoms with van der Waals surface area (Å²) < 4.78 is 0. The molecule has 0 heteroatoms. The third-order valence-corrected chi connectivity index (χ3v) is 4.13. The van der Waals surface area contributed by atoms with Crippen LogP contribution in [0, 0.1) is 17.3 Å². The van der Waals surface area contributed by atoms with E-state index >= 15 is 0 Å². The van der Waals surface area contributed by atoms with E-state index in [9.17, 15) is 0 Å². The molecule has 62 valence electrons. The van der Waals surface area contributed by atoms with Gasteiger partial charge in [0.1, 0.15) is 0 Å². The summed E-state index contributed by atoms with van der Waals surface area (Å²) in [6.45, 7) is 4.72. The van der Waals surface area contributed by atoms with Crippen molar-refractivity contribution in [3.8, 4) is 0 Å². The SMILES string of the molecule is CCC1(CC)CC2C=CCC21. The molecule has 0 saturated heterocycles. The van der Waals surface area contributed by atoms with Crippen LogP contribution in [0.5, 0.6) is 0 Å². The van der Waals surface area contributed by atoms with E-state index in [0.717, 1.165) is 17.3 Å². The summed E-state index contributed by atoms with van der Waals surface area (Å²) in [7, 11) is 0. The lowest BCUT2D eigenvalue weighted by Crippen LogP contribution is -2.44. The fourth-order valence-electron chi connectivity index (χ4n) is 3.15. The summed E-state index contributed by atoms with van der Waals surface area (Å²) in [5.41, 5.74) is 0.744. The van der Waals surface area contributed by atoms with E-state index in [4.69, 9.17) is 0 Å². The highest BCUT2D eigenvalue weighted by atomic mass is 14.5. The predicted molar refractivity (Wildman–Crippen MR) is 48.4 cm³/mol.